The first-order valence-electron chi connectivity index (χ1n) is 21.4. The number of phenolic OH excluding ortho intramolecular Hbond substituents is 2. The summed E-state index contributed by atoms with van der Waals surface area (Å²) in [5.74, 6) is -4.75. The highest BCUT2D eigenvalue weighted by Gasteiger charge is 2.71. The number of amides is 4. The molecule has 4 N–H and O–H groups in total. The number of ether oxygens (including phenoxy) is 4. The van der Waals surface area contributed by atoms with Gasteiger partial charge in [-0.2, -0.15) is 0 Å². The van der Waals surface area contributed by atoms with Gasteiger partial charge in [-0.1, -0.05) is 62.4 Å². The SMILES string of the molecule is CCOCC(O)COCC12C=CC(O1)C1C(=O)N(CCC(O)CC(C)(C)CN3C(=O)C4C5C=CC(C(c6cc(C)c(O)c(C)c6)c6cc(C)c(O)c(C)c6)(O5)C4C3=O)C(=O)C12. The number of nitrogens with zero attached hydrogens (tertiary/aromatic N) is 2. The van der Waals surface area contributed by atoms with Crippen LogP contribution in [0.15, 0.2) is 48.6 Å². The van der Waals surface area contributed by atoms with Crippen molar-refractivity contribution in [1.82, 2.24) is 9.80 Å². The van der Waals surface area contributed by atoms with Gasteiger partial charge in [0.1, 0.15) is 28.8 Å². The van der Waals surface area contributed by atoms with E-state index in [1.807, 2.05) is 84.9 Å². The van der Waals surface area contributed by atoms with Gasteiger partial charge in [-0.3, -0.25) is 29.0 Å². The third-order valence-corrected chi connectivity index (χ3v) is 13.8. The molecule has 328 valence electrons. The second kappa shape index (κ2) is 15.7. The van der Waals surface area contributed by atoms with Gasteiger partial charge in [0, 0.05) is 25.6 Å². The lowest BCUT2D eigenvalue weighted by Gasteiger charge is -2.39. The van der Waals surface area contributed by atoms with Gasteiger partial charge < -0.3 is 39.4 Å². The van der Waals surface area contributed by atoms with Crippen molar-refractivity contribution in [2.75, 3.05) is 39.5 Å². The molecule has 0 radical (unpaired) electrons. The number of fused-ring (bicyclic) bond motifs is 10. The number of aliphatic hydroxyl groups is 2. The molecule has 10 unspecified atom stereocenters. The molecule has 14 nitrogen and oxygen atoms in total. The zero-order valence-electron chi connectivity index (χ0n) is 35.9. The fourth-order valence-corrected chi connectivity index (χ4v) is 11.1. The molecule has 6 aliphatic rings. The van der Waals surface area contributed by atoms with Crippen LogP contribution in [0, 0.1) is 56.8 Å². The number of aromatic hydroxyl groups is 2. The normalized spacial score (nSPS) is 30.8. The fraction of sp³-hybridized carbons (Fsp3) is 0.574. The zero-order chi connectivity index (χ0) is 43.9. The van der Waals surface area contributed by atoms with Crippen molar-refractivity contribution >= 4 is 23.6 Å². The molecular weight excluding hydrogens is 785 g/mol. The molecule has 0 saturated carbocycles. The van der Waals surface area contributed by atoms with E-state index in [4.69, 9.17) is 18.9 Å². The fourth-order valence-electron chi connectivity index (χ4n) is 11.1. The maximum atomic E-state index is 14.7. The number of hydrogen-bond acceptors (Lipinski definition) is 12. The topological polar surface area (TPSA) is 193 Å². The third kappa shape index (κ3) is 7.13. The lowest BCUT2D eigenvalue weighted by atomic mass is 9.66. The van der Waals surface area contributed by atoms with E-state index >= 15 is 0 Å². The smallest absolute Gasteiger partial charge is 0.236 e. The number of aryl methyl sites for hydroxylation is 4. The molecule has 61 heavy (non-hydrogen) atoms. The molecule has 4 amide bonds. The molecule has 0 spiro atoms. The average Bonchev–Trinajstić information content (AvgIpc) is 4.04. The summed E-state index contributed by atoms with van der Waals surface area (Å²) in [7, 11) is 0. The lowest BCUT2D eigenvalue weighted by Crippen LogP contribution is -2.47. The lowest BCUT2D eigenvalue weighted by molar-refractivity contribution is -0.149. The summed E-state index contributed by atoms with van der Waals surface area (Å²) in [6.07, 6.45) is 4.59. The number of phenols is 2. The van der Waals surface area contributed by atoms with E-state index in [1.54, 1.807) is 12.2 Å². The first-order chi connectivity index (χ1) is 28.8. The Morgan fingerprint density at radius 3 is 1.85 bits per heavy atom. The second-order valence-electron chi connectivity index (χ2n) is 18.9. The first kappa shape index (κ1) is 43.2. The molecule has 0 aromatic heterocycles. The van der Waals surface area contributed by atoms with E-state index in [9.17, 15) is 39.6 Å². The van der Waals surface area contributed by atoms with Crippen LogP contribution >= 0.6 is 0 Å². The number of aliphatic hydroxyl groups excluding tert-OH is 2. The molecule has 4 saturated heterocycles. The Kier molecular flexibility index (Phi) is 11.1. The number of imide groups is 2. The van der Waals surface area contributed by atoms with E-state index in [-0.39, 0.29) is 80.9 Å². The molecule has 10 atom stereocenters. The van der Waals surface area contributed by atoms with Gasteiger partial charge in [-0.15, -0.1) is 0 Å². The van der Waals surface area contributed by atoms with Crippen molar-refractivity contribution in [3.8, 4) is 11.5 Å². The minimum Gasteiger partial charge on any atom is -0.507 e. The minimum absolute atomic E-state index is 0.00855. The van der Waals surface area contributed by atoms with Gasteiger partial charge in [0.15, 0.2) is 0 Å². The number of carbonyl (C=O) groups excluding carboxylic acids is 4. The van der Waals surface area contributed by atoms with Gasteiger partial charge in [-0.05, 0) is 86.3 Å². The number of benzene rings is 2. The van der Waals surface area contributed by atoms with Crippen LogP contribution in [0.2, 0.25) is 0 Å². The Balaban J connectivity index is 0.952. The maximum Gasteiger partial charge on any atom is 0.236 e. The van der Waals surface area contributed by atoms with Crippen LogP contribution in [0.25, 0.3) is 0 Å². The monoisotopic (exact) mass is 842 g/mol. The number of rotatable bonds is 17. The van der Waals surface area contributed by atoms with Crippen molar-refractivity contribution in [3.63, 3.8) is 0 Å². The Morgan fingerprint density at radius 1 is 0.721 bits per heavy atom. The van der Waals surface area contributed by atoms with Crippen LogP contribution in [0.3, 0.4) is 0 Å². The van der Waals surface area contributed by atoms with Crippen molar-refractivity contribution in [2.24, 2.45) is 29.1 Å². The summed E-state index contributed by atoms with van der Waals surface area (Å²) in [6, 6.07) is 7.54. The predicted molar refractivity (Wildman–Crippen MR) is 220 cm³/mol. The first-order valence-corrected chi connectivity index (χ1v) is 21.4. The van der Waals surface area contributed by atoms with Crippen LogP contribution in [0.4, 0.5) is 0 Å². The molecule has 4 bridgehead atoms. The molecule has 8 rings (SSSR count). The van der Waals surface area contributed by atoms with Gasteiger partial charge in [0.05, 0.1) is 61.8 Å². The standard InChI is InChI=1S/C47H58N2O12/c1-8-58-20-31(51)21-59-23-46-12-9-32(60-46)34-37(46)43(56)48(41(34)54)14-11-30(50)19-45(6,7)22-49-42(55)35-33-10-13-47(61-33,38(35)44(49)57)36(28-15-24(2)39(52)25(3)16-28)29-17-26(4)40(53)27(5)18-29/h9-10,12-13,15-18,30-38,50-53H,8,11,14,19-23H2,1-7H3. The average molecular weight is 843 g/mol. The van der Waals surface area contributed by atoms with Crippen molar-refractivity contribution < 1.29 is 58.6 Å². The van der Waals surface area contributed by atoms with Crippen LogP contribution in [0.5, 0.6) is 11.5 Å². The van der Waals surface area contributed by atoms with Crippen LogP contribution in [0.1, 0.15) is 72.9 Å². The number of likely N-dealkylation sites (tertiary alicyclic amines) is 2. The number of hydrogen-bond donors (Lipinski definition) is 4. The van der Waals surface area contributed by atoms with Gasteiger partial charge in [-0.25, -0.2) is 0 Å². The maximum absolute atomic E-state index is 14.7. The highest BCUT2D eigenvalue weighted by atomic mass is 16.6. The molecule has 2 aromatic rings. The van der Waals surface area contributed by atoms with Gasteiger partial charge >= 0.3 is 0 Å². The molecule has 4 fully saturated rings. The van der Waals surface area contributed by atoms with Gasteiger partial charge in [0.2, 0.25) is 23.6 Å². The van der Waals surface area contributed by atoms with Crippen LogP contribution < -0.4 is 0 Å². The summed E-state index contributed by atoms with van der Waals surface area (Å²) < 4.78 is 23.9. The summed E-state index contributed by atoms with van der Waals surface area (Å²) in [4.78, 5) is 59.0. The summed E-state index contributed by atoms with van der Waals surface area (Å²) in [6.45, 7) is 13.4. The van der Waals surface area contributed by atoms with Crippen molar-refractivity contribution in [1.29, 1.82) is 0 Å². The van der Waals surface area contributed by atoms with E-state index < -0.39 is 70.6 Å². The van der Waals surface area contributed by atoms with E-state index in [2.05, 4.69) is 0 Å². The largest absolute Gasteiger partial charge is 0.507 e. The van der Waals surface area contributed by atoms with E-state index in [0.717, 1.165) is 11.1 Å². The Hall–Kier alpha value is -4.44. The summed E-state index contributed by atoms with van der Waals surface area (Å²) >= 11 is 0. The van der Waals surface area contributed by atoms with Gasteiger partial charge in [0.25, 0.3) is 0 Å². The highest BCUT2D eigenvalue weighted by molar-refractivity contribution is 6.08. The molecule has 0 aliphatic carbocycles. The van der Waals surface area contributed by atoms with Crippen LogP contribution in [-0.4, -0.2) is 129 Å². The highest BCUT2D eigenvalue weighted by Crippen LogP contribution is 2.60. The predicted octanol–water partition coefficient (Wildman–Crippen LogP) is 3.66. The molecule has 6 heterocycles. The third-order valence-electron chi connectivity index (χ3n) is 13.8. The van der Waals surface area contributed by atoms with Crippen LogP contribution in [-0.2, 0) is 38.1 Å². The number of carbonyl (C=O) groups is 4. The quantitative estimate of drug-likeness (QED) is 0.134. The Labute approximate surface area is 356 Å². The van der Waals surface area contributed by atoms with E-state index in [1.165, 1.54) is 9.80 Å². The minimum atomic E-state index is -1.24. The second-order valence-corrected chi connectivity index (χ2v) is 18.9. The molecule has 14 heteroatoms. The zero-order valence-corrected chi connectivity index (χ0v) is 35.9. The Bertz CT molecular complexity index is 2100. The van der Waals surface area contributed by atoms with Crippen molar-refractivity contribution in [2.45, 2.75) is 103 Å². The van der Waals surface area contributed by atoms with Crippen molar-refractivity contribution in [3.05, 3.63) is 82.0 Å². The summed E-state index contributed by atoms with van der Waals surface area (Å²) in [5.41, 5.74) is 1.12. The summed E-state index contributed by atoms with van der Waals surface area (Å²) in [5, 5.41) is 43.0. The molecule has 2 aromatic carbocycles. The van der Waals surface area contributed by atoms with E-state index in [0.29, 0.717) is 28.9 Å². The molecular formula is C47H58N2O12. The Morgan fingerprint density at radius 2 is 1.25 bits per heavy atom. The molecule has 6 aliphatic heterocycles.